The van der Waals surface area contributed by atoms with E-state index in [4.69, 9.17) is 17.3 Å². The van der Waals surface area contributed by atoms with E-state index in [9.17, 15) is 4.79 Å². The van der Waals surface area contributed by atoms with Gasteiger partial charge in [0.2, 0.25) is 5.91 Å². The van der Waals surface area contributed by atoms with Gasteiger partial charge in [0.15, 0.2) is 0 Å². The average Bonchev–Trinajstić information content (AvgIpc) is 2.67. The Hall–Kier alpha value is -1.04. The molecule has 0 fully saturated rings. The molecule has 0 aliphatic rings. The fraction of sp³-hybridized carbons (Fsp3) is 0.154. The van der Waals surface area contributed by atoms with Gasteiger partial charge >= 0.3 is 0 Å². The molecule has 100 valence electrons. The second-order valence-corrected chi connectivity index (χ2v) is 6.58. The molecule has 1 amide bonds. The predicted octanol–water partition coefficient (Wildman–Crippen LogP) is 3.80. The van der Waals surface area contributed by atoms with Crippen LogP contribution in [0.1, 0.15) is 10.4 Å². The lowest BCUT2D eigenvalue weighted by molar-refractivity contribution is -0.117. The van der Waals surface area contributed by atoms with Crippen LogP contribution in [0.25, 0.3) is 0 Å². The van der Waals surface area contributed by atoms with Crippen molar-refractivity contribution in [2.75, 3.05) is 5.32 Å². The summed E-state index contributed by atoms with van der Waals surface area (Å²) < 4.78 is 1.64. The smallest absolute Gasteiger partial charge is 0.221 e. The highest BCUT2D eigenvalue weighted by Crippen LogP contribution is 2.32. The Morgan fingerprint density at radius 2 is 2.16 bits per heavy atom. The first-order valence-electron chi connectivity index (χ1n) is 5.60. The fourth-order valence-electron chi connectivity index (χ4n) is 1.70. The summed E-state index contributed by atoms with van der Waals surface area (Å²) in [7, 11) is 0. The third kappa shape index (κ3) is 3.96. The van der Waals surface area contributed by atoms with Crippen LogP contribution in [0.5, 0.6) is 0 Å². The Morgan fingerprint density at radius 3 is 2.79 bits per heavy atom. The van der Waals surface area contributed by atoms with Crippen LogP contribution < -0.4 is 11.1 Å². The summed E-state index contributed by atoms with van der Waals surface area (Å²) in [6.07, 6.45) is 0.234. The van der Waals surface area contributed by atoms with Crippen LogP contribution in [-0.2, 0) is 17.8 Å². The van der Waals surface area contributed by atoms with Gasteiger partial charge in [0, 0.05) is 21.6 Å². The summed E-state index contributed by atoms with van der Waals surface area (Å²) in [5.74, 6) is -0.337. The molecule has 6 heteroatoms. The lowest BCUT2D eigenvalue weighted by Crippen LogP contribution is -2.15. The zero-order chi connectivity index (χ0) is 13.8. The van der Waals surface area contributed by atoms with Gasteiger partial charge in [-0.3, -0.25) is 4.79 Å². The Labute approximate surface area is 128 Å². The van der Waals surface area contributed by atoms with E-state index in [0.717, 1.165) is 24.9 Å². The largest absolute Gasteiger partial charge is 0.380 e. The second-order valence-electron chi connectivity index (χ2n) is 3.99. The highest BCUT2D eigenvalue weighted by molar-refractivity contribution is 9.10. The van der Waals surface area contributed by atoms with Crippen LogP contribution in [0.2, 0.25) is 4.34 Å². The number of hydrogen-bond acceptors (Lipinski definition) is 3. The van der Waals surface area contributed by atoms with Crippen LogP contribution in [0.4, 0.5) is 5.69 Å². The van der Waals surface area contributed by atoms with Crippen molar-refractivity contribution in [3.05, 3.63) is 49.6 Å². The molecule has 3 N–H and O–H groups in total. The third-order valence-corrected chi connectivity index (χ3v) is 5.01. The monoisotopic (exact) mass is 358 g/mol. The first kappa shape index (κ1) is 14.4. The van der Waals surface area contributed by atoms with E-state index in [-0.39, 0.29) is 12.3 Å². The molecule has 3 nitrogen and oxygen atoms in total. The molecule has 0 saturated heterocycles. The van der Waals surface area contributed by atoms with Crippen LogP contribution in [0, 0.1) is 0 Å². The molecule has 1 heterocycles. The zero-order valence-electron chi connectivity index (χ0n) is 9.95. The lowest BCUT2D eigenvalue weighted by atomic mass is 10.1. The SMILES string of the molecule is NC(=O)Cc1ccccc1NCc1cc(Br)c(Cl)s1. The maximum atomic E-state index is 11.0. The van der Waals surface area contributed by atoms with E-state index < -0.39 is 0 Å². The first-order valence-corrected chi connectivity index (χ1v) is 7.59. The minimum atomic E-state index is -0.337. The minimum Gasteiger partial charge on any atom is -0.380 e. The number of carbonyl (C=O) groups is 1. The number of carbonyl (C=O) groups excluding carboxylic acids is 1. The summed E-state index contributed by atoms with van der Waals surface area (Å²) >= 11 is 10.9. The van der Waals surface area contributed by atoms with Gasteiger partial charge in [-0.05, 0) is 33.6 Å². The molecule has 0 atom stereocenters. The van der Waals surface area contributed by atoms with Crippen molar-refractivity contribution in [1.29, 1.82) is 0 Å². The number of hydrogen-bond donors (Lipinski definition) is 2. The molecule has 0 bridgehead atoms. The summed E-state index contributed by atoms with van der Waals surface area (Å²) in [5.41, 5.74) is 7.05. The highest BCUT2D eigenvalue weighted by Gasteiger charge is 2.07. The van der Waals surface area contributed by atoms with E-state index in [0.29, 0.717) is 6.54 Å². The normalized spacial score (nSPS) is 10.4. The number of halogens is 2. The first-order chi connectivity index (χ1) is 9.06. The van der Waals surface area contributed by atoms with E-state index in [1.807, 2.05) is 30.3 Å². The number of primary amides is 1. The summed E-state index contributed by atoms with van der Waals surface area (Å²) in [4.78, 5) is 12.1. The molecule has 0 radical (unpaired) electrons. The standard InChI is InChI=1S/C13H12BrClN2OS/c14-10-6-9(19-13(10)15)7-17-11-4-2-1-3-8(11)5-12(16)18/h1-4,6,17H,5,7H2,(H2,16,18). The fourth-order valence-corrected chi connectivity index (χ4v) is 3.43. The maximum absolute atomic E-state index is 11.0. The van der Waals surface area contributed by atoms with Crippen molar-refractivity contribution in [3.63, 3.8) is 0 Å². The summed E-state index contributed by atoms with van der Waals surface area (Å²) in [6, 6.07) is 9.62. The number of para-hydroxylation sites is 1. The van der Waals surface area contributed by atoms with Crippen molar-refractivity contribution in [2.45, 2.75) is 13.0 Å². The molecule has 2 aromatic rings. The third-order valence-electron chi connectivity index (χ3n) is 2.53. The molecule has 1 aromatic heterocycles. The molecule has 2 rings (SSSR count). The summed E-state index contributed by atoms with van der Waals surface area (Å²) in [5, 5.41) is 3.30. The molecule has 0 saturated carbocycles. The van der Waals surface area contributed by atoms with Crippen molar-refractivity contribution in [3.8, 4) is 0 Å². The Bertz CT molecular complexity index is 581. The van der Waals surface area contributed by atoms with E-state index in [2.05, 4.69) is 21.2 Å². The van der Waals surface area contributed by atoms with Crippen LogP contribution >= 0.6 is 38.9 Å². The number of amides is 1. The number of nitrogens with two attached hydrogens (primary N) is 1. The van der Waals surface area contributed by atoms with E-state index in [1.165, 1.54) is 11.3 Å². The van der Waals surface area contributed by atoms with Crippen molar-refractivity contribution in [2.24, 2.45) is 5.73 Å². The van der Waals surface area contributed by atoms with Gasteiger partial charge < -0.3 is 11.1 Å². The number of anilines is 1. The number of benzene rings is 1. The number of nitrogens with one attached hydrogen (secondary N) is 1. The van der Waals surface area contributed by atoms with Gasteiger partial charge in [-0.25, -0.2) is 0 Å². The van der Waals surface area contributed by atoms with Gasteiger partial charge in [-0.2, -0.15) is 0 Å². The van der Waals surface area contributed by atoms with Gasteiger partial charge in [0.1, 0.15) is 4.34 Å². The van der Waals surface area contributed by atoms with Crippen LogP contribution in [-0.4, -0.2) is 5.91 Å². The van der Waals surface area contributed by atoms with Gasteiger partial charge in [-0.1, -0.05) is 29.8 Å². The Morgan fingerprint density at radius 1 is 1.42 bits per heavy atom. The quantitative estimate of drug-likeness (QED) is 0.853. The molecule has 0 unspecified atom stereocenters. The van der Waals surface area contributed by atoms with Crippen LogP contribution in [0.15, 0.2) is 34.8 Å². The van der Waals surface area contributed by atoms with E-state index >= 15 is 0 Å². The summed E-state index contributed by atoms with van der Waals surface area (Å²) in [6.45, 7) is 0.658. The molecule has 0 aliphatic carbocycles. The topological polar surface area (TPSA) is 55.1 Å². The minimum absolute atomic E-state index is 0.234. The van der Waals surface area contributed by atoms with Gasteiger partial charge in [-0.15, -0.1) is 11.3 Å². The Balaban J connectivity index is 2.08. The van der Waals surface area contributed by atoms with Crippen molar-refractivity contribution >= 4 is 50.5 Å². The van der Waals surface area contributed by atoms with Crippen LogP contribution in [0.3, 0.4) is 0 Å². The zero-order valence-corrected chi connectivity index (χ0v) is 13.1. The average molecular weight is 360 g/mol. The van der Waals surface area contributed by atoms with E-state index in [1.54, 1.807) is 0 Å². The van der Waals surface area contributed by atoms with Crippen molar-refractivity contribution < 1.29 is 4.79 Å². The van der Waals surface area contributed by atoms with Gasteiger partial charge in [0.25, 0.3) is 0 Å². The molecule has 19 heavy (non-hydrogen) atoms. The second kappa shape index (κ2) is 6.41. The molecule has 0 aliphatic heterocycles. The molecular weight excluding hydrogens is 348 g/mol. The Kier molecular flexibility index (Phi) is 4.85. The lowest BCUT2D eigenvalue weighted by Gasteiger charge is -2.09. The predicted molar refractivity (Wildman–Crippen MR) is 83.7 cm³/mol. The molecular formula is C13H12BrClN2OS. The number of thiophene rings is 1. The maximum Gasteiger partial charge on any atom is 0.221 e. The highest BCUT2D eigenvalue weighted by atomic mass is 79.9. The molecule has 0 spiro atoms. The van der Waals surface area contributed by atoms with Crippen molar-refractivity contribution in [1.82, 2.24) is 0 Å². The molecule has 1 aromatic carbocycles. The number of rotatable bonds is 5. The van der Waals surface area contributed by atoms with Gasteiger partial charge in [0.05, 0.1) is 6.42 Å².